The summed E-state index contributed by atoms with van der Waals surface area (Å²) in [6, 6.07) is 7.73. The van der Waals surface area contributed by atoms with Crippen molar-refractivity contribution in [2.45, 2.75) is 51.5 Å². The van der Waals surface area contributed by atoms with Crippen molar-refractivity contribution in [2.24, 2.45) is 5.92 Å². The first-order chi connectivity index (χ1) is 9.15. The van der Waals surface area contributed by atoms with Crippen LogP contribution in [-0.2, 0) is 4.79 Å². The summed E-state index contributed by atoms with van der Waals surface area (Å²) in [5.74, 6) is 0.926. The highest BCUT2D eigenvalue weighted by Crippen LogP contribution is 2.28. The van der Waals surface area contributed by atoms with E-state index in [0.717, 1.165) is 23.6 Å². The number of benzene rings is 1. The Morgan fingerprint density at radius 3 is 2.84 bits per heavy atom. The topological polar surface area (TPSA) is 55.1 Å². The summed E-state index contributed by atoms with van der Waals surface area (Å²) in [6.45, 7) is 2.00. The van der Waals surface area contributed by atoms with Crippen LogP contribution < -0.4 is 11.1 Å². The largest absolute Gasteiger partial charge is 0.399 e. The van der Waals surface area contributed by atoms with E-state index >= 15 is 0 Å². The van der Waals surface area contributed by atoms with Crippen LogP contribution in [0.5, 0.6) is 0 Å². The molecule has 1 atom stereocenters. The highest BCUT2D eigenvalue weighted by Gasteiger charge is 2.17. The lowest BCUT2D eigenvalue weighted by atomic mass is 10.0. The van der Waals surface area contributed by atoms with Gasteiger partial charge in [0.25, 0.3) is 0 Å². The van der Waals surface area contributed by atoms with Gasteiger partial charge in [0.2, 0.25) is 5.91 Å². The molecule has 1 aromatic rings. The van der Waals surface area contributed by atoms with E-state index in [0.29, 0.717) is 6.42 Å². The molecule has 0 aromatic heterocycles. The smallest absolute Gasteiger partial charge is 0.220 e. The zero-order valence-electron chi connectivity index (χ0n) is 11.7. The fourth-order valence-corrected chi connectivity index (χ4v) is 2.86. The van der Waals surface area contributed by atoms with Crippen molar-refractivity contribution in [3.05, 3.63) is 29.8 Å². The van der Waals surface area contributed by atoms with Gasteiger partial charge in [0, 0.05) is 12.1 Å². The van der Waals surface area contributed by atoms with Gasteiger partial charge in [-0.3, -0.25) is 4.79 Å². The molecular formula is C16H24N2O. The number of nitrogen functional groups attached to an aromatic ring is 1. The van der Waals surface area contributed by atoms with Gasteiger partial charge in [0.05, 0.1) is 6.04 Å². The van der Waals surface area contributed by atoms with Gasteiger partial charge in [-0.2, -0.15) is 0 Å². The third-order valence-corrected chi connectivity index (χ3v) is 4.04. The summed E-state index contributed by atoms with van der Waals surface area (Å²) in [6.07, 6.45) is 6.97. The lowest BCUT2D eigenvalue weighted by Crippen LogP contribution is -2.26. The summed E-state index contributed by atoms with van der Waals surface area (Å²) in [4.78, 5) is 11.9. The van der Waals surface area contributed by atoms with Crippen molar-refractivity contribution >= 4 is 11.6 Å². The molecule has 1 amide bonds. The van der Waals surface area contributed by atoms with Gasteiger partial charge >= 0.3 is 0 Å². The van der Waals surface area contributed by atoms with Crippen LogP contribution in [0.15, 0.2) is 24.3 Å². The quantitative estimate of drug-likeness (QED) is 0.797. The van der Waals surface area contributed by atoms with Gasteiger partial charge < -0.3 is 11.1 Å². The highest BCUT2D eigenvalue weighted by molar-refractivity contribution is 5.76. The Morgan fingerprint density at radius 1 is 1.42 bits per heavy atom. The normalized spacial score (nSPS) is 17.3. The minimum absolute atomic E-state index is 0.0274. The van der Waals surface area contributed by atoms with E-state index in [1.807, 2.05) is 31.2 Å². The lowest BCUT2D eigenvalue weighted by Gasteiger charge is -2.15. The first-order valence-corrected chi connectivity index (χ1v) is 7.30. The van der Waals surface area contributed by atoms with Crippen LogP contribution >= 0.6 is 0 Å². The van der Waals surface area contributed by atoms with Crippen LogP contribution in [-0.4, -0.2) is 5.91 Å². The van der Waals surface area contributed by atoms with Crippen molar-refractivity contribution in [3.8, 4) is 0 Å². The van der Waals surface area contributed by atoms with E-state index in [9.17, 15) is 4.79 Å². The molecule has 19 heavy (non-hydrogen) atoms. The Balaban J connectivity index is 1.77. The maximum Gasteiger partial charge on any atom is 0.220 e. The molecule has 1 aliphatic carbocycles. The average Bonchev–Trinajstić information content (AvgIpc) is 2.89. The Hall–Kier alpha value is -1.51. The van der Waals surface area contributed by atoms with E-state index in [1.165, 1.54) is 25.7 Å². The predicted molar refractivity (Wildman–Crippen MR) is 78.6 cm³/mol. The van der Waals surface area contributed by atoms with Crippen LogP contribution in [0.3, 0.4) is 0 Å². The number of nitrogens with two attached hydrogens (primary N) is 1. The van der Waals surface area contributed by atoms with E-state index < -0.39 is 0 Å². The first-order valence-electron chi connectivity index (χ1n) is 7.30. The third kappa shape index (κ3) is 4.27. The second kappa shape index (κ2) is 6.60. The summed E-state index contributed by atoms with van der Waals surface area (Å²) in [5.41, 5.74) is 7.56. The molecule has 0 radical (unpaired) electrons. The molecule has 1 aliphatic rings. The van der Waals surface area contributed by atoms with Gasteiger partial charge in [-0.05, 0) is 37.0 Å². The Kier molecular flexibility index (Phi) is 4.83. The van der Waals surface area contributed by atoms with Gasteiger partial charge in [0.1, 0.15) is 0 Å². The second-order valence-corrected chi connectivity index (χ2v) is 5.65. The highest BCUT2D eigenvalue weighted by atomic mass is 16.1. The zero-order chi connectivity index (χ0) is 13.7. The second-order valence-electron chi connectivity index (χ2n) is 5.65. The molecule has 1 unspecified atom stereocenters. The third-order valence-electron chi connectivity index (χ3n) is 4.04. The number of amides is 1. The molecule has 3 nitrogen and oxygen atoms in total. The molecule has 1 saturated carbocycles. The van der Waals surface area contributed by atoms with Gasteiger partial charge in [-0.15, -0.1) is 0 Å². The van der Waals surface area contributed by atoms with Crippen molar-refractivity contribution in [1.82, 2.24) is 5.32 Å². The minimum Gasteiger partial charge on any atom is -0.399 e. The molecule has 1 aromatic carbocycles. The SMILES string of the molecule is CC(NC(=O)CCC1CCCC1)c1cccc(N)c1. The Morgan fingerprint density at radius 2 is 2.16 bits per heavy atom. The monoisotopic (exact) mass is 260 g/mol. The van der Waals surface area contributed by atoms with E-state index in [-0.39, 0.29) is 11.9 Å². The fourth-order valence-electron chi connectivity index (χ4n) is 2.86. The maximum absolute atomic E-state index is 11.9. The number of hydrogen-bond acceptors (Lipinski definition) is 2. The molecule has 1 fully saturated rings. The molecule has 0 saturated heterocycles. The van der Waals surface area contributed by atoms with Crippen molar-refractivity contribution < 1.29 is 4.79 Å². The fraction of sp³-hybridized carbons (Fsp3) is 0.562. The van der Waals surface area contributed by atoms with Crippen LogP contribution in [0.4, 0.5) is 5.69 Å². The molecule has 0 heterocycles. The number of hydrogen-bond donors (Lipinski definition) is 2. The number of nitrogens with one attached hydrogen (secondary N) is 1. The zero-order valence-corrected chi connectivity index (χ0v) is 11.7. The molecule has 0 spiro atoms. The molecular weight excluding hydrogens is 236 g/mol. The van der Waals surface area contributed by atoms with Crippen molar-refractivity contribution in [1.29, 1.82) is 0 Å². The maximum atomic E-state index is 11.9. The number of rotatable bonds is 5. The van der Waals surface area contributed by atoms with E-state index in [4.69, 9.17) is 5.73 Å². The van der Waals surface area contributed by atoms with E-state index in [2.05, 4.69) is 5.32 Å². The van der Waals surface area contributed by atoms with Crippen LogP contribution in [0.2, 0.25) is 0 Å². The molecule has 104 valence electrons. The molecule has 0 aliphatic heterocycles. The molecule has 3 N–H and O–H groups in total. The van der Waals surface area contributed by atoms with Gasteiger partial charge in [0.15, 0.2) is 0 Å². The van der Waals surface area contributed by atoms with Crippen LogP contribution in [0, 0.1) is 5.92 Å². The van der Waals surface area contributed by atoms with E-state index in [1.54, 1.807) is 0 Å². The van der Waals surface area contributed by atoms with Gasteiger partial charge in [-0.25, -0.2) is 0 Å². The minimum atomic E-state index is 0.0274. The van der Waals surface area contributed by atoms with Crippen molar-refractivity contribution in [2.75, 3.05) is 5.73 Å². The Bertz CT molecular complexity index is 425. The van der Waals surface area contributed by atoms with Crippen LogP contribution in [0.1, 0.15) is 57.1 Å². The molecule has 3 heteroatoms. The van der Waals surface area contributed by atoms with Crippen molar-refractivity contribution in [3.63, 3.8) is 0 Å². The summed E-state index contributed by atoms with van der Waals surface area (Å²) in [5, 5.41) is 3.05. The first kappa shape index (κ1) is 13.9. The standard InChI is InChI=1S/C16H24N2O/c1-12(14-7-4-8-15(17)11-14)18-16(19)10-9-13-5-2-3-6-13/h4,7-8,11-13H,2-3,5-6,9-10,17H2,1H3,(H,18,19). The number of anilines is 1. The predicted octanol–water partition coefficient (Wildman–Crippen LogP) is 3.42. The summed E-state index contributed by atoms with van der Waals surface area (Å²) >= 11 is 0. The summed E-state index contributed by atoms with van der Waals surface area (Å²) in [7, 11) is 0. The summed E-state index contributed by atoms with van der Waals surface area (Å²) < 4.78 is 0. The van der Waals surface area contributed by atoms with Crippen LogP contribution in [0.25, 0.3) is 0 Å². The average molecular weight is 260 g/mol. The van der Waals surface area contributed by atoms with Gasteiger partial charge in [-0.1, -0.05) is 37.8 Å². The number of carbonyl (C=O) groups is 1. The Labute approximate surface area is 115 Å². The lowest BCUT2D eigenvalue weighted by molar-refractivity contribution is -0.122. The molecule has 0 bridgehead atoms. The number of carbonyl (C=O) groups excluding carboxylic acids is 1. The molecule has 2 rings (SSSR count).